The summed E-state index contributed by atoms with van der Waals surface area (Å²) in [5.41, 5.74) is 6.75. The van der Waals surface area contributed by atoms with Crippen LogP contribution in [-0.2, 0) is 18.2 Å². The molecule has 5 rings (SSSR count). The molecule has 2 heterocycles. The van der Waals surface area contributed by atoms with Gasteiger partial charge in [-0.1, -0.05) is 0 Å². The molecule has 1 fully saturated rings. The van der Waals surface area contributed by atoms with E-state index in [1.54, 1.807) is 35.2 Å². The van der Waals surface area contributed by atoms with E-state index in [4.69, 9.17) is 33.3 Å². The summed E-state index contributed by atoms with van der Waals surface area (Å²) in [6, 6.07) is 11.9. The van der Waals surface area contributed by atoms with Gasteiger partial charge in [-0.2, -0.15) is 4.98 Å². The third-order valence-corrected chi connectivity index (χ3v) is 8.61. The summed E-state index contributed by atoms with van der Waals surface area (Å²) in [7, 11) is -6.06. The SMILES string of the molecule is COc1ccc(OP(=O)(O)OCC2CC(n3cnc4cnc(N)nc43)C2COP(=O)(O)Oc2ccc(OC)cc2)cc1. The van der Waals surface area contributed by atoms with Crippen LogP contribution in [0.5, 0.6) is 23.0 Å². The molecule has 5 unspecified atom stereocenters. The van der Waals surface area contributed by atoms with Gasteiger partial charge < -0.3 is 28.8 Å². The largest absolute Gasteiger partial charge is 0.527 e. The molecule has 2 aromatic heterocycles. The zero-order valence-corrected chi connectivity index (χ0v) is 24.3. The Balaban J connectivity index is 1.28. The van der Waals surface area contributed by atoms with Gasteiger partial charge in [0, 0.05) is 12.0 Å². The van der Waals surface area contributed by atoms with E-state index < -0.39 is 21.6 Å². The molecular formula is C25H29N5O10P2. The van der Waals surface area contributed by atoms with Gasteiger partial charge in [0.1, 0.15) is 28.5 Å². The second kappa shape index (κ2) is 12.3. The lowest BCUT2D eigenvalue weighted by atomic mass is 9.70. The molecule has 0 amide bonds. The highest BCUT2D eigenvalue weighted by molar-refractivity contribution is 7.48. The van der Waals surface area contributed by atoms with Gasteiger partial charge in [-0.15, -0.1) is 0 Å². The predicted octanol–water partition coefficient (Wildman–Crippen LogP) is 3.99. The van der Waals surface area contributed by atoms with Crippen LogP contribution in [0.25, 0.3) is 11.2 Å². The molecule has 0 spiro atoms. The highest BCUT2D eigenvalue weighted by Crippen LogP contribution is 2.52. The number of anilines is 1. The number of ether oxygens (including phenoxy) is 2. The zero-order chi connectivity index (χ0) is 29.9. The van der Waals surface area contributed by atoms with E-state index in [9.17, 15) is 18.9 Å². The van der Waals surface area contributed by atoms with Crippen molar-refractivity contribution in [2.24, 2.45) is 11.8 Å². The fourth-order valence-corrected chi connectivity index (χ4v) is 6.20. The Hall–Kier alpha value is -3.71. The number of rotatable bonds is 13. The van der Waals surface area contributed by atoms with Gasteiger partial charge >= 0.3 is 15.6 Å². The minimum Gasteiger partial charge on any atom is -0.497 e. The summed E-state index contributed by atoms with van der Waals surface area (Å²) in [6.07, 6.45) is 3.49. The first-order valence-electron chi connectivity index (χ1n) is 12.6. The van der Waals surface area contributed by atoms with E-state index >= 15 is 0 Å². The maximum atomic E-state index is 12.8. The maximum absolute atomic E-state index is 12.8. The van der Waals surface area contributed by atoms with Crippen molar-refractivity contribution < 1.29 is 46.5 Å². The summed E-state index contributed by atoms with van der Waals surface area (Å²) in [5.74, 6) is 0.539. The second-order valence-electron chi connectivity index (χ2n) is 9.38. The number of aromatic nitrogens is 4. The highest BCUT2D eigenvalue weighted by Gasteiger charge is 2.45. The fourth-order valence-electron chi connectivity index (χ4n) is 4.58. The minimum atomic E-state index is -4.55. The molecule has 42 heavy (non-hydrogen) atoms. The summed E-state index contributed by atoms with van der Waals surface area (Å²) >= 11 is 0. The first kappa shape index (κ1) is 29.8. The van der Waals surface area contributed by atoms with Gasteiger partial charge in [-0.3, -0.25) is 18.8 Å². The minimum absolute atomic E-state index is 0.0564. The summed E-state index contributed by atoms with van der Waals surface area (Å²) in [4.78, 5) is 33.3. The van der Waals surface area contributed by atoms with Crippen molar-refractivity contribution >= 4 is 32.8 Å². The summed E-state index contributed by atoms with van der Waals surface area (Å²) < 4.78 is 58.4. The molecule has 2 aromatic carbocycles. The van der Waals surface area contributed by atoms with Crippen molar-refractivity contribution in [3.63, 3.8) is 0 Å². The lowest BCUT2D eigenvalue weighted by Crippen LogP contribution is -2.43. The summed E-state index contributed by atoms with van der Waals surface area (Å²) in [5, 5.41) is 0. The van der Waals surface area contributed by atoms with E-state index in [1.165, 1.54) is 44.7 Å². The Morgan fingerprint density at radius 1 is 0.857 bits per heavy atom. The number of nitrogens with zero attached hydrogens (tertiary/aromatic N) is 4. The number of benzene rings is 2. The Bertz CT molecular complexity index is 1620. The molecule has 1 aliphatic rings. The molecule has 0 aliphatic heterocycles. The van der Waals surface area contributed by atoms with Crippen molar-refractivity contribution in [3.8, 4) is 23.0 Å². The lowest BCUT2D eigenvalue weighted by molar-refractivity contribution is -0.00444. The van der Waals surface area contributed by atoms with Gasteiger partial charge in [0.2, 0.25) is 5.95 Å². The number of methoxy groups -OCH3 is 2. The van der Waals surface area contributed by atoms with Crippen LogP contribution in [0, 0.1) is 11.8 Å². The number of nitrogen functional groups attached to an aromatic ring is 1. The number of hydrogen-bond donors (Lipinski definition) is 3. The van der Waals surface area contributed by atoms with Crippen molar-refractivity contribution in [1.82, 2.24) is 19.5 Å². The smallest absolute Gasteiger partial charge is 0.497 e. The lowest BCUT2D eigenvalue weighted by Gasteiger charge is -2.45. The number of hydrogen-bond acceptors (Lipinski definition) is 12. The molecule has 0 bridgehead atoms. The van der Waals surface area contributed by atoms with Crippen LogP contribution >= 0.6 is 15.6 Å². The van der Waals surface area contributed by atoms with Gasteiger partial charge in [0.15, 0.2) is 5.65 Å². The molecule has 17 heteroatoms. The van der Waals surface area contributed by atoms with Crippen molar-refractivity contribution in [3.05, 3.63) is 61.1 Å². The average molecular weight is 621 g/mol. The molecule has 0 saturated heterocycles. The second-order valence-corrected chi connectivity index (χ2v) is 12.1. The molecular weight excluding hydrogens is 592 g/mol. The van der Waals surface area contributed by atoms with E-state index in [0.717, 1.165) is 0 Å². The number of phosphoric ester groups is 2. The number of fused-ring (bicyclic) bond motifs is 1. The fraction of sp³-hybridized carbons (Fsp3) is 0.320. The van der Waals surface area contributed by atoms with E-state index in [0.29, 0.717) is 29.1 Å². The average Bonchev–Trinajstić information content (AvgIpc) is 3.35. The molecule has 4 N–H and O–H groups in total. The van der Waals surface area contributed by atoms with Crippen molar-refractivity contribution in [2.75, 3.05) is 33.2 Å². The Morgan fingerprint density at radius 3 is 1.93 bits per heavy atom. The quantitative estimate of drug-likeness (QED) is 0.181. The normalized spacial score (nSPS) is 21.1. The third kappa shape index (κ3) is 7.01. The van der Waals surface area contributed by atoms with Gasteiger partial charge in [0.25, 0.3) is 0 Å². The van der Waals surface area contributed by atoms with Gasteiger partial charge in [-0.05, 0) is 60.9 Å². The molecule has 224 valence electrons. The van der Waals surface area contributed by atoms with E-state index in [2.05, 4.69) is 15.0 Å². The van der Waals surface area contributed by atoms with Crippen molar-refractivity contribution in [1.29, 1.82) is 0 Å². The first-order chi connectivity index (χ1) is 20.1. The van der Waals surface area contributed by atoms with E-state index in [1.807, 2.05) is 0 Å². The third-order valence-electron chi connectivity index (χ3n) is 6.78. The molecule has 0 radical (unpaired) electrons. The summed E-state index contributed by atoms with van der Waals surface area (Å²) in [6.45, 7) is -0.453. The number of nitrogens with two attached hydrogens (primary N) is 1. The standard InChI is InChI=1S/C25H29N5O10P2/c1-35-17-3-7-19(8-4-17)39-41(31,32)37-13-16-11-23(30-15-28-22-12-27-25(26)29-24(22)30)21(16)14-38-42(33,34)40-20-9-5-18(36-2)6-10-20/h3-10,12,15-16,21,23H,11,13-14H2,1-2H3,(H,31,32)(H,33,34)(H2,26,27,29). The molecule has 15 nitrogen and oxygen atoms in total. The molecule has 5 atom stereocenters. The van der Waals surface area contributed by atoms with Crippen LogP contribution in [0.4, 0.5) is 5.95 Å². The molecule has 1 saturated carbocycles. The highest BCUT2D eigenvalue weighted by atomic mass is 31.2. The van der Waals surface area contributed by atoms with Crippen LogP contribution < -0.4 is 24.3 Å². The monoisotopic (exact) mass is 621 g/mol. The number of phosphoric acid groups is 2. The first-order valence-corrected chi connectivity index (χ1v) is 15.6. The predicted molar refractivity (Wildman–Crippen MR) is 149 cm³/mol. The Kier molecular flexibility index (Phi) is 8.69. The van der Waals surface area contributed by atoms with E-state index in [-0.39, 0.29) is 42.6 Å². The number of imidazole rings is 1. The Morgan fingerprint density at radius 2 is 1.38 bits per heavy atom. The maximum Gasteiger partial charge on any atom is 0.527 e. The zero-order valence-electron chi connectivity index (χ0n) is 22.5. The van der Waals surface area contributed by atoms with Crippen molar-refractivity contribution in [2.45, 2.75) is 12.5 Å². The van der Waals surface area contributed by atoms with Crippen LogP contribution in [0.1, 0.15) is 12.5 Å². The van der Waals surface area contributed by atoms with Crippen LogP contribution in [0.3, 0.4) is 0 Å². The van der Waals surface area contributed by atoms with Crippen LogP contribution in [0.15, 0.2) is 61.1 Å². The topological polar surface area (TPSA) is 200 Å². The molecule has 4 aromatic rings. The Labute approximate surface area is 240 Å². The van der Waals surface area contributed by atoms with Crippen LogP contribution in [-0.4, -0.2) is 56.7 Å². The van der Waals surface area contributed by atoms with Crippen LogP contribution in [0.2, 0.25) is 0 Å². The van der Waals surface area contributed by atoms with Gasteiger partial charge in [-0.25, -0.2) is 19.1 Å². The molecule has 1 aliphatic carbocycles. The van der Waals surface area contributed by atoms with Gasteiger partial charge in [0.05, 0.1) is 40.0 Å².